The molecule has 0 saturated heterocycles. The molecule has 0 aromatic heterocycles. The number of carbonyl (C=O) groups excluding carboxylic acids is 1. The number of aliphatic hydroxyl groups excluding tert-OH is 1. The number of ether oxygens (including phenoxy) is 1. The van der Waals surface area contributed by atoms with Gasteiger partial charge in [0.05, 0.1) is 19.8 Å². The van der Waals surface area contributed by atoms with Crippen molar-refractivity contribution in [3.05, 3.63) is 71.3 Å². The molecule has 2 aromatic rings. The van der Waals surface area contributed by atoms with E-state index in [9.17, 15) is 9.90 Å². The molecule has 0 aliphatic rings. The lowest BCUT2D eigenvalue weighted by Gasteiger charge is -2.10. The number of aliphatic hydroxyl groups is 1. The lowest BCUT2D eigenvalue weighted by Crippen LogP contribution is -2.37. The van der Waals surface area contributed by atoms with Crippen LogP contribution >= 0.6 is 0 Å². The Morgan fingerprint density at radius 3 is 2.39 bits per heavy atom. The van der Waals surface area contributed by atoms with Crippen molar-refractivity contribution < 1.29 is 14.6 Å². The van der Waals surface area contributed by atoms with Crippen LogP contribution < -0.4 is 10.6 Å². The number of benzene rings is 2. The van der Waals surface area contributed by atoms with Gasteiger partial charge in [0, 0.05) is 13.1 Å². The van der Waals surface area contributed by atoms with Crippen molar-refractivity contribution in [1.29, 1.82) is 0 Å². The number of hydrogen-bond acceptors (Lipinski definition) is 3. The maximum Gasteiger partial charge on any atom is 0.315 e. The number of urea groups is 1. The van der Waals surface area contributed by atoms with E-state index in [1.54, 1.807) is 0 Å². The van der Waals surface area contributed by atoms with Crippen molar-refractivity contribution in [2.75, 3.05) is 13.2 Å². The van der Waals surface area contributed by atoms with Gasteiger partial charge in [0.15, 0.2) is 0 Å². The molecule has 0 radical (unpaired) electrons. The van der Waals surface area contributed by atoms with E-state index in [4.69, 9.17) is 4.74 Å². The minimum absolute atomic E-state index is 0.0349. The molecule has 0 atom stereocenters. The maximum atomic E-state index is 11.7. The Labute approximate surface area is 136 Å². The SMILES string of the molecule is O=C(NCCOCc1ccccc1)NCc1ccccc1CO. The zero-order valence-electron chi connectivity index (χ0n) is 13.0. The Kier molecular flexibility index (Phi) is 7.10. The summed E-state index contributed by atoms with van der Waals surface area (Å²) in [6.07, 6.45) is 0. The fourth-order valence-corrected chi connectivity index (χ4v) is 2.12. The number of carbonyl (C=O) groups is 1. The highest BCUT2D eigenvalue weighted by molar-refractivity contribution is 5.73. The molecular weight excluding hydrogens is 292 g/mol. The summed E-state index contributed by atoms with van der Waals surface area (Å²) in [6, 6.07) is 17.1. The molecule has 0 bridgehead atoms. The largest absolute Gasteiger partial charge is 0.392 e. The molecule has 2 amide bonds. The lowest BCUT2D eigenvalue weighted by atomic mass is 10.1. The van der Waals surface area contributed by atoms with Crippen LogP contribution in [0.4, 0.5) is 4.79 Å². The molecule has 0 aliphatic carbocycles. The van der Waals surface area contributed by atoms with Crippen LogP contribution in [-0.4, -0.2) is 24.3 Å². The first-order valence-electron chi connectivity index (χ1n) is 7.60. The van der Waals surface area contributed by atoms with Crippen molar-refractivity contribution in [1.82, 2.24) is 10.6 Å². The summed E-state index contributed by atoms with van der Waals surface area (Å²) in [5, 5.41) is 14.7. The minimum Gasteiger partial charge on any atom is -0.392 e. The maximum absolute atomic E-state index is 11.7. The first-order valence-corrected chi connectivity index (χ1v) is 7.60. The molecule has 0 unspecified atom stereocenters. The third-order valence-corrected chi connectivity index (χ3v) is 3.37. The van der Waals surface area contributed by atoms with Gasteiger partial charge in [-0.1, -0.05) is 54.6 Å². The number of nitrogens with one attached hydrogen (secondary N) is 2. The monoisotopic (exact) mass is 314 g/mol. The van der Waals surface area contributed by atoms with E-state index >= 15 is 0 Å². The van der Waals surface area contributed by atoms with E-state index in [1.165, 1.54) is 0 Å². The molecule has 122 valence electrons. The van der Waals surface area contributed by atoms with E-state index in [1.807, 2.05) is 54.6 Å². The van der Waals surface area contributed by atoms with Gasteiger partial charge in [-0.15, -0.1) is 0 Å². The molecule has 0 spiro atoms. The van der Waals surface area contributed by atoms with Gasteiger partial charge in [-0.25, -0.2) is 4.79 Å². The van der Waals surface area contributed by atoms with Gasteiger partial charge in [0.25, 0.3) is 0 Å². The van der Waals surface area contributed by atoms with Gasteiger partial charge < -0.3 is 20.5 Å². The Hall–Kier alpha value is -2.37. The fourth-order valence-electron chi connectivity index (χ4n) is 2.12. The van der Waals surface area contributed by atoms with Crippen LogP contribution in [0.5, 0.6) is 0 Å². The Bertz CT molecular complexity index is 602. The first kappa shape index (κ1) is 17.0. The summed E-state index contributed by atoms with van der Waals surface area (Å²) in [4.78, 5) is 11.7. The van der Waals surface area contributed by atoms with Gasteiger partial charge in [0.2, 0.25) is 0 Å². The molecule has 23 heavy (non-hydrogen) atoms. The summed E-state index contributed by atoms with van der Waals surface area (Å²) >= 11 is 0. The molecule has 2 rings (SSSR count). The summed E-state index contributed by atoms with van der Waals surface area (Å²) in [6.45, 7) is 1.78. The van der Waals surface area contributed by atoms with Crippen LogP contribution in [0.2, 0.25) is 0 Å². The second kappa shape index (κ2) is 9.61. The van der Waals surface area contributed by atoms with E-state index < -0.39 is 0 Å². The van der Waals surface area contributed by atoms with Crippen LogP contribution in [-0.2, 0) is 24.5 Å². The molecule has 0 saturated carbocycles. The standard InChI is InChI=1S/C18H22N2O3/c21-13-17-9-5-4-8-16(17)12-20-18(22)19-10-11-23-14-15-6-2-1-3-7-15/h1-9,21H,10-14H2,(H2,19,20,22). The molecule has 5 heteroatoms. The molecule has 2 aromatic carbocycles. The first-order chi connectivity index (χ1) is 11.3. The van der Waals surface area contributed by atoms with E-state index in [-0.39, 0.29) is 12.6 Å². The number of amides is 2. The van der Waals surface area contributed by atoms with Crippen LogP contribution in [0.1, 0.15) is 16.7 Å². The quantitative estimate of drug-likeness (QED) is 0.654. The van der Waals surface area contributed by atoms with Gasteiger partial charge in [-0.05, 0) is 16.7 Å². The van der Waals surface area contributed by atoms with Crippen molar-refractivity contribution in [3.63, 3.8) is 0 Å². The number of hydrogen-bond donors (Lipinski definition) is 3. The number of rotatable bonds is 8. The third kappa shape index (κ3) is 6.10. The lowest BCUT2D eigenvalue weighted by molar-refractivity contribution is 0.123. The van der Waals surface area contributed by atoms with Gasteiger partial charge in [-0.3, -0.25) is 0 Å². The Morgan fingerprint density at radius 1 is 0.957 bits per heavy atom. The molecule has 0 aliphatic heterocycles. The van der Waals surface area contributed by atoms with Crippen molar-refractivity contribution in [3.8, 4) is 0 Å². The highest BCUT2D eigenvalue weighted by Crippen LogP contribution is 2.07. The molecule has 3 N–H and O–H groups in total. The average Bonchev–Trinajstić information content (AvgIpc) is 2.60. The highest BCUT2D eigenvalue weighted by atomic mass is 16.5. The highest BCUT2D eigenvalue weighted by Gasteiger charge is 2.03. The molecular formula is C18H22N2O3. The van der Waals surface area contributed by atoms with Crippen LogP contribution in [0, 0.1) is 0 Å². The Morgan fingerprint density at radius 2 is 1.65 bits per heavy atom. The second-order valence-electron chi connectivity index (χ2n) is 5.07. The molecule has 5 nitrogen and oxygen atoms in total. The van der Waals surface area contributed by atoms with E-state index in [0.717, 1.165) is 16.7 Å². The summed E-state index contributed by atoms with van der Waals surface area (Å²) < 4.78 is 5.49. The summed E-state index contributed by atoms with van der Waals surface area (Å²) in [5.41, 5.74) is 2.84. The smallest absolute Gasteiger partial charge is 0.315 e. The van der Waals surface area contributed by atoms with Gasteiger partial charge >= 0.3 is 6.03 Å². The average molecular weight is 314 g/mol. The summed E-state index contributed by atoms with van der Waals surface area (Å²) in [7, 11) is 0. The van der Waals surface area contributed by atoms with Crippen molar-refractivity contribution in [2.24, 2.45) is 0 Å². The van der Waals surface area contributed by atoms with Crippen LogP contribution in [0.25, 0.3) is 0 Å². The van der Waals surface area contributed by atoms with Crippen molar-refractivity contribution in [2.45, 2.75) is 19.8 Å². The normalized spacial score (nSPS) is 10.3. The fraction of sp³-hybridized carbons (Fsp3) is 0.278. The van der Waals surface area contributed by atoms with Gasteiger partial charge in [0.1, 0.15) is 0 Å². The summed E-state index contributed by atoms with van der Waals surface area (Å²) in [5.74, 6) is 0. The third-order valence-electron chi connectivity index (χ3n) is 3.37. The zero-order valence-corrected chi connectivity index (χ0v) is 13.0. The zero-order chi connectivity index (χ0) is 16.3. The second-order valence-corrected chi connectivity index (χ2v) is 5.07. The van der Waals surface area contributed by atoms with Crippen molar-refractivity contribution >= 4 is 6.03 Å². The molecule has 0 fully saturated rings. The minimum atomic E-state index is -0.249. The predicted octanol–water partition coefficient (Wildman–Crippen LogP) is 2.19. The molecule has 0 heterocycles. The van der Waals surface area contributed by atoms with Crippen LogP contribution in [0.15, 0.2) is 54.6 Å². The van der Waals surface area contributed by atoms with E-state index in [0.29, 0.717) is 26.3 Å². The van der Waals surface area contributed by atoms with Crippen LogP contribution in [0.3, 0.4) is 0 Å². The van der Waals surface area contributed by atoms with E-state index in [2.05, 4.69) is 10.6 Å². The topological polar surface area (TPSA) is 70.6 Å². The predicted molar refractivity (Wildman–Crippen MR) is 88.7 cm³/mol. The Balaban J connectivity index is 1.60. The van der Waals surface area contributed by atoms with Gasteiger partial charge in [-0.2, -0.15) is 0 Å².